The first-order valence-corrected chi connectivity index (χ1v) is 35.4. The van der Waals surface area contributed by atoms with Crippen molar-refractivity contribution in [1.29, 1.82) is 0 Å². The molecule has 6 aromatic heterocycles. The molecule has 6 aromatic rings. The van der Waals surface area contributed by atoms with Crippen LogP contribution in [0.3, 0.4) is 0 Å². The van der Waals surface area contributed by atoms with Gasteiger partial charge < -0.3 is 88.3 Å². The number of aliphatic hydroxyl groups excluding tert-OH is 3. The molecule has 15 atom stereocenters. The minimum absolute atomic E-state index is 0.177. The predicted molar refractivity (Wildman–Crippen MR) is 308 cm³/mol. The Balaban J connectivity index is 0.000000199. The molecule has 42 nitrogen and oxygen atoms in total. The SMILES string of the molecule is Cc1nc(N(C)C)c2ncn([C@@H]3O[C@H](COP(=O)(O)O)[C@@H](O)[C@@]3(C)F)c2n1.Cc1nc(N(C)C)c2ncn([C@@H]3O[C@H](COP(=O)(O)OP(=O)(O)O)[C@@H](O)[C@@]3(C)F)c2n1.Cc1nc(N(C)C)c2ncn([C@@H]3O[C@H](COP(=O)(O)OP(=O)(O)OP(=O)(O)O)[C@@H](O)[C@@]3(C)F)c2n1. The summed E-state index contributed by atoms with van der Waals surface area (Å²) in [4.78, 5) is 124. The molecule has 9 heterocycles. The number of hydrogen-bond donors (Lipinski definition) is 12. The van der Waals surface area contributed by atoms with Crippen LogP contribution in [0.4, 0.5) is 30.6 Å². The fraction of sp³-hybridized carbons (Fsp3) is 0.643. The van der Waals surface area contributed by atoms with Crippen LogP contribution in [0.1, 0.15) is 56.9 Å². The van der Waals surface area contributed by atoms with E-state index in [9.17, 15) is 57.4 Å². The number of phosphoric acid groups is 6. The number of aliphatic hydroxyl groups is 3. The first-order valence-electron chi connectivity index (χ1n) is 26.3. The number of rotatable bonds is 21. The van der Waals surface area contributed by atoms with Gasteiger partial charge in [-0.15, -0.1) is 0 Å². The van der Waals surface area contributed by atoms with Gasteiger partial charge in [-0.2, -0.15) is 12.9 Å². The molecule has 3 saturated heterocycles. The standard InChI is InChI=1S/C14H23FN5O12P3.C14H22FN5O9P2.C14H21FN5O6P/c1-7-17-11(19(3)4)9-12(18-7)20(6-16-9)13-14(2,15)10(21)8(30-13)5-29-34(25,26)32-35(27,28)31-33(22,23)24;1-7-17-11(19(3)4)9-12(18-7)20(6-16-9)13-14(2,15)10(21)8(28-13)5-27-31(25,26)29-30(22,23)24;1-7-17-11(19(3)4)9-12(18-7)20(6-16-9)13-14(2,15)10(21)8(26-13)5-25-27(22,23)24/h6,8,10,13,21H,5H2,1-4H3,(H,25,26)(H,27,28)(H2,22,23,24);6,8,10,13,21H,5H2,1-4H3,(H,25,26)(H2,22,23,24);6,8,10,13,21H,5H2,1-4H3,(H2,22,23,24)/t3*8-,10-,13-,14-/m111/s1. The zero-order valence-corrected chi connectivity index (χ0v) is 55.9. The molecule has 0 aromatic carbocycles. The van der Waals surface area contributed by atoms with Gasteiger partial charge in [0.15, 0.2) is 86.6 Å². The molecule has 0 aliphatic carbocycles. The third kappa shape index (κ3) is 17.6. The largest absolute Gasteiger partial charge is 0.490 e. The van der Waals surface area contributed by atoms with E-state index in [0.717, 1.165) is 20.8 Å². The quantitative estimate of drug-likeness (QED) is 0.0451. The molecule has 12 N–H and O–H groups in total. The van der Waals surface area contributed by atoms with E-state index in [0.29, 0.717) is 57.1 Å². The summed E-state index contributed by atoms with van der Waals surface area (Å²) in [6.45, 7) is 5.50. The van der Waals surface area contributed by atoms with E-state index in [-0.39, 0.29) is 11.3 Å². The second kappa shape index (κ2) is 27.4. The maximum Gasteiger partial charge on any atom is 0.490 e. The van der Waals surface area contributed by atoms with Crippen molar-refractivity contribution in [1.82, 2.24) is 58.6 Å². The number of ether oxygens (including phenoxy) is 3. The number of imidazole rings is 3. The van der Waals surface area contributed by atoms with E-state index in [1.54, 1.807) is 77.8 Å². The van der Waals surface area contributed by atoms with Crippen LogP contribution in [0.2, 0.25) is 0 Å². The molecule has 51 heteroatoms. The first kappa shape index (κ1) is 75.8. The molecule has 522 valence electrons. The third-order valence-corrected chi connectivity index (χ3v) is 20.0. The summed E-state index contributed by atoms with van der Waals surface area (Å²) in [5, 5.41) is 31.0. The summed E-state index contributed by atoms with van der Waals surface area (Å²) in [5.74, 6) is 2.62. The Kier molecular flexibility index (Phi) is 22.3. The lowest BCUT2D eigenvalue weighted by molar-refractivity contribution is -0.0561. The van der Waals surface area contributed by atoms with Gasteiger partial charge in [-0.25, -0.2) is 85.4 Å². The number of nitrogens with zero attached hydrogens (tertiary/aromatic N) is 15. The normalized spacial score (nSPS) is 28.7. The zero-order valence-electron chi connectivity index (χ0n) is 50.6. The fourth-order valence-corrected chi connectivity index (χ4v) is 14.5. The zero-order chi connectivity index (χ0) is 70.1. The van der Waals surface area contributed by atoms with Gasteiger partial charge in [-0.1, -0.05) is 0 Å². The lowest BCUT2D eigenvalue weighted by Gasteiger charge is -2.24. The summed E-state index contributed by atoms with van der Waals surface area (Å²) in [7, 11) is -21.7. The monoisotopic (exact) mass is 1460 g/mol. The van der Waals surface area contributed by atoms with Crippen LogP contribution < -0.4 is 14.7 Å². The Morgan fingerprint density at radius 3 is 0.957 bits per heavy atom. The van der Waals surface area contributed by atoms with E-state index >= 15 is 13.2 Å². The van der Waals surface area contributed by atoms with E-state index in [1.807, 2.05) is 0 Å². The summed E-state index contributed by atoms with van der Waals surface area (Å²) < 4.78 is 158. The van der Waals surface area contributed by atoms with Crippen LogP contribution in [0, 0.1) is 20.8 Å². The topological polar surface area (TPSA) is 569 Å². The van der Waals surface area contributed by atoms with Crippen molar-refractivity contribution < 1.29 is 141 Å². The fourth-order valence-electron chi connectivity index (χ4n) is 9.49. The van der Waals surface area contributed by atoms with Crippen LogP contribution in [0.15, 0.2) is 19.0 Å². The van der Waals surface area contributed by atoms with Crippen molar-refractivity contribution in [3.63, 3.8) is 0 Å². The van der Waals surface area contributed by atoms with Gasteiger partial charge in [-0.05, 0) is 41.5 Å². The molecule has 9 rings (SSSR count). The van der Waals surface area contributed by atoms with Gasteiger partial charge in [0, 0.05) is 42.3 Å². The lowest BCUT2D eigenvalue weighted by Crippen LogP contribution is -2.40. The van der Waals surface area contributed by atoms with Crippen molar-refractivity contribution in [2.75, 3.05) is 76.8 Å². The summed E-state index contributed by atoms with van der Waals surface area (Å²) in [6.07, 6.45) is -10.3. The van der Waals surface area contributed by atoms with E-state index in [4.69, 9.17) is 43.6 Å². The molecule has 3 aliphatic rings. The smallest absolute Gasteiger partial charge is 0.387 e. The number of aryl methyl sites for hydroxylation is 3. The van der Waals surface area contributed by atoms with Gasteiger partial charge in [0.05, 0.1) is 38.8 Å². The minimum Gasteiger partial charge on any atom is -0.387 e. The Bertz CT molecular complexity index is 4020. The van der Waals surface area contributed by atoms with Crippen LogP contribution in [-0.4, -0.2) is 234 Å². The van der Waals surface area contributed by atoms with Gasteiger partial charge in [0.2, 0.25) is 0 Å². The van der Waals surface area contributed by atoms with Gasteiger partial charge in [0.25, 0.3) is 0 Å². The predicted octanol–water partition coefficient (Wildman–Crippen LogP) is 1.24. The lowest BCUT2D eigenvalue weighted by atomic mass is 9.98. The second-order valence-corrected chi connectivity index (χ2v) is 30.3. The van der Waals surface area contributed by atoms with Crippen molar-refractivity contribution in [2.45, 2.75) is 114 Å². The number of halogens is 3. The molecule has 3 unspecified atom stereocenters. The highest BCUT2D eigenvalue weighted by Crippen LogP contribution is 2.66. The van der Waals surface area contributed by atoms with Crippen molar-refractivity contribution in [2.24, 2.45) is 0 Å². The third-order valence-electron chi connectivity index (χ3n) is 13.6. The van der Waals surface area contributed by atoms with Crippen LogP contribution in [0.5, 0.6) is 0 Å². The molecule has 0 radical (unpaired) electrons. The summed E-state index contributed by atoms with van der Waals surface area (Å²) in [5.41, 5.74) is -5.39. The van der Waals surface area contributed by atoms with Crippen LogP contribution in [-0.2, 0) is 68.1 Å². The highest BCUT2D eigenvalue weighted by Gasteiger charge is 2.59. The molecule has 93 heavy (non-hydrogen) atoms. The Morgan fingerprint density at radius 1 is 0.441 bits per heavy atom. The summed E-state index contributed by atoms with van der Waals surface area (Å²) in [6, 6.07) is 0. The Hall–Kier alpha value is -4.62. The highest BCUT2D eigenvalue weighted by atomic mass is 31.3. The van der Waals surface area contributed by atoms with Crippen molar-refractivity contribution in [3.05, 3.63) is 36.5 Å². The molecule has 0 spiro atoms. The Morgan fingerprint density at radius 2 is 0.699 bits per heavy atom. The Labute approximate surface area is 522 Å². The van der Waals surface area contributed by atoms with Crippen LogP contribution >= 0.6 is 46.9 Å². The highest BCUT2D eigenvalue weighted by molar-refractivity contribution is 7.66. The van der Waals surface area contributed by atoms with Crippen molar-refractivity contribution >= 4 is 97.9 Å². The molecule has 0 bridgehead atoms. The van der Waals surface area contributed by atoms with Gasteiger partial charge in [0.1, 0.15) is 54.1 Å². The van der Waals surface area contributed by atoms with E-state index in [1.165, 1.54) is 32.7 Å². The minimum atomic E-state index is -5.74. The molecule has 0 saturated carbocycles. The van der Waals surface area contributed by atoms with Crippen LogP contribution in [0.25, 0.3) is 33.5 Å². The summed E-state index contributed by atoms with van der Waals surface area (Å²) >= 11 is 0. The number of fused-ring (bicyclic) bond motifs is 3. The number of hydrogen-bond acceptors (Lipinski definition) is 30. The molecule has 3 fully saturated rings. The average Bonchev–Trinajstić information content (AvgIpc) is 1.62. The molecular formula is C42H66F3N15O27P6. The van der Waals surface area contributed by atoms with E-state index in [2.05, 4.69) is 71.4 Å². The average molecular weight is 1460 g/mol. The molecular weight excluding hydrogens is 1390 g/mol. The van der Waals surface area contributed by atoms with Crippen molar-refractivity contribution in [3.8, 4) is 0 Å². The second-order valence-electron chi connectivity index (χ2n) is 21.8. The molecule has 3 aliphatic heterocycles. The number of aromatic nitrogens is 12. The first-order chi connectivity index (χ1) is 42.4. The van der Waals surface area contributed by atoms with E-state index < -0.39 is 139 Å². The molecule has 0 amide bonds. The number of alkyl halides is 3. The number of phosphoric ester groups is 3. The van der Waals surface area contributed by atoms with Gasteiger partial charge >= 0.3 is 46.9 Å². The number of anilines is 3. The maximum atomic E-state index is 15.6. The van der Waals surface area contributed by atoms with Gasteiger partial charge in [-0.3, -0.25) is 27.3 Å². The maximum absolute atomic E-state index is 15.6.